The van der Waals surface area contributed by atoms with Crippen molar-refractivity contribution in [1.29, 1.82) is 0 Å². The third-order valence-corrected chi connectivity index (χ3v) is 4.19. The summed E-state index contributed by atoms with van der Waals surface area (Å²) in [6, 6.07) is 14.7. The average molecular weight is 276 g/mol. The molecule has 0 spiro atoms. The normalized spacial score (nSPS) is 14.1. The van der Waals surface area contributed by atoms with Gasteiger partial charge in [-0.3, -0.25) is 4.98 Å². The first kappa shape index (κ1) is 13.8. The van der Waals surface area contributed by atoms with Crippen LogP contribution in [-0.2, 0) is 5.54 Å². The molecule has 0 saturated heterocycles. The summed E-state index contributed by atoms with van der Waals surface area (Å²) in [5, 5.41) is 2.29. The van der Waals surface area contributed by atoms with Crippen LogP contribution in [0.3, 0.4) is 0 Å². The van der Waals surface area contributed by atoms with Gasteiger partial charge in [0.1, 0.15) is 0 Å². The van der Waals surface area contributed by atoms with Gasteiger partial charge in [-0.05, 0) is 48.9 Å². The van der Waals surface area contributed by atoms with E-state index in [4.69, 9.17) is 5.73 Å². The summed E-state index contributed by atoms with van der Waals surface area (Å²) >= 11 is 0. The van der Waals surface area contributed by atoms with E-state index in [1.807, 2.05) is 18.5 Å². The van der Waals surface area contributed by atoms with Crippen LogP contribution in [0.15, 0.2) is 54.9 Å². The highest BCUT2D eigenvalue weighted by atomic mass is 14.7. The molecule has 2 heteroatoms. The van der Waals surface area contributed by atoms with Crippen LogP contribution in [-0.4, -0.2) is 4.98 Å². The van der Waals surface area contributed by atoms with E-state index < -0.39 is 5.54 Å². The number of fused-ring (bicyclic) bond motifs is 1. The van der Waals surface area contributed by atoms with Gasteiger partial charge in [-0.15, -0.1) is 0 Å². The summed E-state index contributed by atoms with van der Waals surface area (Å²) in [7, 11) is 0. The Balaban J connectivity index is 2.27. The van der Waals surface area contributed by atoms with Gasteiger partial charge >= 0.3 is 0 Å². The number of hydrogen-bond acceptors (Lipinski definition) is 2. The number of aromatic nitrogens is 1. The smallest absolute Gasteiger partial charge is 0.0645 e. The zero-order chi connectivity index (χ0) is 15.0. The molecule has 0 radical (unpaired) electrons. The Morgan fingerprint density at radius 1 is 1.00 bits per heavy atom. The molecule has 1 heterocycles. The standard InChI is InChI=1S/C19H20N2/c1-13-7-8-14(2)18(11-13)19(3,20)17-6-4-5-15-12-21-10-9-16(15)17/h4-12H,20H2,1-3H3. The molecule has 0 aliphatic rings. The first-order valence-electron chi connectivity index (χ1n) is 7.20. The lowest BCUT2D eigenvalue weighted by Gasteiger charge is -2.29. The molecule has 2 nitrogen and oxygen atoms in total. The largest absolute Gasteiger partial charge is 0.318 e. The van der Waals surface area contributed by atoms with Gasteiger partial charge in [0.05, 0.1) is 5.54 Å². The minimum Gasteiger partial charge on any atom is -0.318 e. The molecule has 21 heavy (non-hydrogen) atoms. The third kappa shape index (κ3) is 2.32. The fourth-order valence-corrected chi connectivity index (χ4v) is 3.02. The van der Waals surface area contributed by atoms with Crippen molar-refractivity contribution in [3.63, 3.8) is 0 Å². The Kier molecular flexibility index (Phi) is 3.26. The van der Waals surface area contributed by atoms with Crippen LogP contribution in [0.1, 0.15) is 29.2 Å². The number of aryl methyl sites for hydroxylation is 2. The van der Waals surface area contributed by atoms with Crippen molar-refractivity contribution in [2.24, 2.45) is 5.73 Å². The highest BCUT2D eigenvalue weighted by molar-refractivity contribution is 5.86. The number of nitrogens with zero attached hydrogens (tertiary/aromatic N) is 1. The molecular formula is C19H20N2. The number of hydrogen-bond donors (Lipinski definition) is 1. The second-order valence-electron chi connectivity index (χ2n) is 5.92. The van der Waals surface area contributed by atoms with Crippen molar-refractivity contribution in [2.75, 3.05) is 0 Å². The molecule has 1 unspecified atom stereocenters. The Labute approximate surface area is 125 Å². The second kappa shape index (κ2) is 4.97. The summed E-state index contributed by atoms with van der Waals surface area (Å²) in [5.41, 5.74) is 11.0. The predicted octanol–water partition coefficient (Wildman–Crippen LogP) is 4.07. The van der Waals surface area contributed by atoms with Crippen LogP contribution in [0.5, 0.6) is 0 Å². The zero-order valence-corrected chi connectivity index (χ0v) is 12.7. The molecule has 1 aromatic heterocycles. The maximum Gasteiger partial charge on any atom is 0.0645 e. The van der Waals surface area contributed by atoms with Crippen LogP contribution >= 0.6 is 0 Å². The summed E-state index contributed by atoms with van der Waals surface area (Å²) in [5.74, 6) is 0. The van der Waals surface area contributed by atoms with E-state index in [1.165, 1.54) is 22.1 Å². The zero-order valence-electron chi connectivity index (χ0n) is 12.7. The van der Waals surface area contributed by atoms with Gasteiger partial charge in [0.15, 0.2) is 0 Å². The molecule has 0 aliphatic carbocycles. The van der Waals surface area contributed by atoms with Crippen LogP contribution < -0.4 is 5.73 Å². The summed E-state index contributed by atoms with van der Waals surface area (Å²) in [6.07, 6.45) is 3.71. The molecular weight excluding hydrogens is 256 g/mol. The SMILES string of the molecule is Cc1ccc(C)c(C(C)(N)c2cccc3cnccc23)c1. The molecule has 3 rings (SSSR count). The number of rotatable bonds is 2. The predicted molar refractivity (Wildman–Crippen MR) is 88.3 cm³/mol. The Bertz CT molecular complexity index is 798. The van der Waals surface area contributed by atoms with Crippen LogP contribution in [0, 0.1) is 13.8 Å². The lowest BCUT2D eigenvalue weighted by Crippen LogP contribution is -2.35. The van der Waals surface area contributed by atoms with Gasteiger partial charge < -0.3 is 5.73 Å². The van der Waals surface area contributed by atoms with E-state index in [2.05, 4.69) is 62.2 Å². The molecule has 2 N–H and O–H groups in total. The number of pyridine rings is 1. The molecule has 2 aromatic carbocycles. The summed E-state index contributed by atoms with van der Waals surface area (Å²) in [4.78, 5) is 4.20. The quantitative estimate of drug-likeness (QED) is 0.766. The van der Waals surface area contributed by atoms with Crippen LogP contribution in [0.2, 0.25) is 0 Å². The van der Waals surface area contributed by atoms with Crippen molar-refractivity contribution < 1.29 is 0 Å². The maximum atomic E-state index is 6.77. The fourth-order valence-electron chi connectivity index (χ4n) is 3.02. The first-order chi connectivity index (χ1) is 10.00. The fraction of sp³-hybridized carbons (Fsp3) is 0.211. The molecule has 106 valence electrons. The van der Waals surface area contributed by atoms with Crippen molar-refractivity contribution in [3.05, 3.63) is 77.1 Å². The van der Waals surface area contributed by atoms with Crippen molar-refractivity contribution in [2.45, 2.75) is 26.3 Å². The molecule has 3 aromatic rings. The van der Waals surface area contributed by atoms with E-state index in [9.17, 15) is 0 Å². The highest BCUT2D eigenvalue weighted by Gasteiger charge is 2.27. The highest BCUT2D eigenvalue weighted by Crippen LogP contribution is 2.33. The van der Waals surface area contributed by atoms with Gasteiger partial charge in [0.2, 0.25) is 0 Å². The molecule has 0 amide bonds. The van der Waals surface area contributed by atoms with E-state index in [0.717, 1.165) is 10.9 Å². The summed E-state index contributed by atoms with van der Waals surface area (Å²) in [6.45, 7) is 6.31. The van der Waals surface area contributed by atoms with Crippen LogP contribution in [0.4, 0.5) is 0 Å². The molecule has 0 bridgehead atoms. The van der Waals surface area contributed by atoms with Crippen LogP contribution in [0.25, 0.3) is 10.8 Å². The van der Waals surface area contributed by atoms with E-state index in [0.29, 0.717) is 0 Å². The average Bonchev–Trinajstić information content (AvgIpc) is 2.49. The molecule has 0 saturated carbocycles. The Morgan fingerprint density at radius 2 is 1.81 bits per heavy atom. The van der Waals surface area contributed by atoms with Gasteiger partial charge in [-0.25, -0.2) is 0 Å². The lowest BCUT2D eigenvalue weighted by molar-refractivity contribution is 0.604. The van der Waals surface area contributed by atoms with Crippen molar-refractivity contribution >= 4 is 10.8 Å². The monoisotopic (exact) mass is 276 g/mol. The van der Waals surface area contributed by atoms with E-state index in [1.54, 1.807) is 0 Å². The topological polar surface area (TPSA) is 38.9 Å². The molecule has 1 atom stereocenters. The minimum atomic E-state index is -0.531. The molecule has 0 aliphatic heterocycles. The van der Waals surface area contributed by atoms with E-state index >= 15 is 0 Å². The van der Waals surface area contributed by atoms with Gasteiger partial charge in [-0.2, -0.15) is 0 Å². The number of benzene rings is 2. The number of nitrogens with two attached hydrogens (primary N) is 1. The third-order valence-electron chi connectivity index (χ3n) is 4.19. The maximum absolute atomic E-state index is 6.77. The van der Waals surface area contributed by atoms with Crippen molar-refractivity contribution in [3.8, 4) is 0 Å². The van der Waals surface area contributed by atoms with Gasteiger partial charge in [-0.1, -0.05) is 42.0 Å². The Morgan fingerprint density at radius 3 is 2.62 bits per heavy atom. The summed E-state index contributed by atoms with van der Waals surface area (Å²) < 4.78 is 0. The van der Waals surface area contributed by atoms with Gasteiger partial charge in [0.25, 0.3) is 0 Å². The van der Waals surface area contributed by atoms with Crippen molar-refractivity contribution in [1.82, 2.24) is 4.98 Å². The first-order valence-corrected chi connectivity index (χ1v) is 7.20. The van der Waals surface area contributed by atoms with E-state index in [-0.39, 0.29) is 0 Å². The Hall–Kier alpha value is -2.19. The second-order valence-corrected chi connectivity index (χ2v) is 5.92. The lowest BCUT2D eigenvalue weighted by atomic mass is 9.80. The minimum absolute atomic E-state index is 0.531. The molecule has 0 fully saturated rings. The van der Waals surface area contributed by atoms with Gasteiger partial charge in [0, 0.05) is 17.8 Å².